The van der Waals surface area contributed by atoms with Gasteiger partial charge in [0.05, 0.1) is 0 Å². The van der Waals surface area contributed by atoms with Gasteiger partial charge in [-0.05, 0) is 46.3 Å². The first-order valence-electron chi connectivity index (χ1n) is 8.63. The van der Waals surface area contributed by atoms with Crippen molar-refractivity contribution in [2.75, 3.05) is 0 Å². The van der Waals surface area contributed by atoms with Crippen LogP contribution in [0, 0.1) is 5.92 Å². The standard InChI is InChI=1S/C20H33N/c1-7-14(8-2)18(21)15-9-10-16-17(13-15)20(5,6)12-11-19(16,3)4/h9-10,13-14,18H,7-8,11-12,21H2,1-6H3. The van der Waals surface area contributed by atoms with Gasteiger partial charge in [0.2, 0.25) is 0 Å². The average Bonchev–Trinajstić information content (AvgIpc) is 2.45. The third-order valence-corrected chi connectivity index (χ3v) is 5.82. The van der Waals surface area contributed by atoms with Crippen molar-refractivity contribution in [3.8, 4) is 0 Å². The van der Waals surface area contributed by atoms with Crippen LogP contribution in [0.4, 0.5) is 0 Å². The molecule has 0 bridgehead atoms. The van der Waals surface area contributed by atoms with Crippen LogP contribution in [0.15, 0.2) is 18.2 Å². The normalized spacial score (nSPS) is 21.1. The van der Waals surface area contributed by atoms with Crippen molar-refractivity contribution >= 4 is 0 Å². The maximum absolute atomic E-state index is 6.55. The van der Waals surface area contributed by atoms with Gasteiger partial charge in [0.15, 0.2) is 0 Å². The smallest absolute Gasteiger partial charge is 0.0323 e. The third kappa shape index (κ3) is 3.04. The van der Waals surface area contributed by atoms with Gasteiger partial charge < -0.3 is 5.73 Å². The number of rotatable bonds is 4. The lowest BCUT2D eigenvalue weighted by molar-refractivity contribution is 0.330. The molecule has 118 valence electrons. The number of hydrogen-bond acceptors (Lipinski definition) is 1. The van der Waals surface area contributed by atoms with Crippen LogP contribution < -0.4 is 5.73 Å². The van der Waals surface area contributed by atoms with E-state index in [-0.39, 0.29) is 11.5 Å². The van der Waals surface area contributed by atoms with Crippen LogP contribution in [0.2, 0.25) is 0 Å². The Kier molecular flexibility index (Phi) is 4.54. The summed E-state index contributed by atoms with van der Waals surface area (Å²) in [5.41, 5.74) is 11.5. The summed E-state index contributed by atoms with van der Waals surface area (Å²) in [6.07, 6.45) is 4.84. The fraction of sp³-hybridized carbons (Fsp3) is 0.700. The second-order valence-corrected chi connectivity index (χ2v) is 8.18. The van der Waals surface area contributed by atoms with Crippen molar-refractivity contribution in [1.29, 1.82) is 0 Å². The quantitative estimate of drug-likeness (QED) is 0.780. The number of fused-ring (bicyclic) bond motifs is 1. The second-order valence-electron chi connectivity index (χ2n) is 8.18. The van der Waals surface area contributed by atoms with Crippen LogP contribution >= 0.6 is 0 Å². The highest BCUT2D eigenvalue weighted by atomic mass is 14.6. The largest absolute Gasteiger partial charge is 0.324 e. The van der Waals surface area contributed by atoms with Gasteiger partial charge in [0, 0.05) is 6.04 Å². The molecule has 0 aliphatic heterocycles. The van der Waals surface area contributed by atoms with Gasteiger partial charge in [-0.2, -0.15) is 0 Å². The Morgan fingerprint density at radius 3 is 2.00 bits per heavy atom. The summed E-state index contributed by atoms with van der Waals surface area (Å²) in [6.45, 7) is 14.0. The molecule has 0 heterocycles. The zero-order valence-electron chi connectivity index (χ0n) is 14.8. The van der Waals surface area contributed by atoms with Gasteiger partial charge in [-0.15, -0.1) is 0 Å². The Morgan fingerprint density at radius 2 is 1.48 bits per heavy atom. The molecule has 2 rings (SSSR count). The molecule has 0 radical (unpaired) electrons. The van der Waals surface area contributed by atoms with Gasteiger partial charge in [-0.3, -0.25) is 0 Å². The van der Waals surface area contributed by atoms with E-state index in [9.17, 15) is 0 Å². The van der Waals surface area contributed by atoms with E-state index in [0.29, 0.717) is 11.3 Å². The molecule has 2 N–H and O–H groups in total. The van der Waals surface area contributed by atoms with E-state index in [1.807, 2.05) is 0 Å². The molecule has 0 amide bonds. The van der Waals surface area contributed by atoms with E-state index in [2.05, 4.69) is 59.7 Å². The first-order chi connectivity index (χ1) is 9.73. The van der Waals surface area contributed by atoms with Crippen molar-refractivity contribution in [3.05, 3.63) is 34.9 Å². The van der Waals surface area contributed by atoms with Gasteiger partial charge in [-0.1, -0.05) is 72.6 Å². The molecule has 21 heavy (non-hydrogen) atoms. The fourth-order valence-electron chi connectivity index (χ4n) is 3.88. The van der Waals surface area contributed by atoms with Crippen LogP contribution in [-0.2, 0) is 10.8 Å². The van der Waals surface area contributed by atoms with Crippen molar-refractivity contribution in [2.24, 2.45) is 11.7 Å². The van der Waals surface area contributed by atoms with Crippen molar-refractivity contribution in [2.45, 2.75) is 84.1 Å². The summed E-state index contributed by atoms with van der Waals surface area (Å²) < 4.78 is 0. The number of hydrogen-bond donors (Lipinski definition) is 1. The zero-order valence-corrected chi connectivity index (χ0v) is 14.8. The highest BCUT2D eigenvalue weighted by molar-refractivity contribution is 5.44. The lowest BCUT2D eigenvalue weighted by Gasteiger charge is -2.42. The molecule has 1 heteroatoms. The molecule has 1 atom stereocenters. The Labute approximate surface area is 131 Å². The highest BCUT2D eigenvalue weighted by Gasteiger charge is 2.37. The first kappa shape index (κ1) is 16.5. The van der Waals surface area contributed by atoms with Gasteiger partial charge >= 0.3 is 0 Å². The van der Waals surface area contributed by atoms with Crippen molar-refractivity contribution < 1.29 is 0 Å². The molecule has 0 fully saturated rings. The lowest BCUT2D eigenvalue weighted by Crippen LogP contribution is -2.34. The Bertz CT molecular complexity index is 495. The van der Waals surface area contributed by atoms with Crippen molar-refractivity contribution in [1.82, 2.24) is 0 Å². The van der Waals surface area contributed by atoms with Crippen molar-refractivity contribution in [3.63, 3.8) is 0 Å². The zero-order chi connectivity index (χ0) is 15.8. The topological polar surface area (TPSA) is 26.0 Å². The molecule has 1 aliphatic carbocycles. The lowest BCUT2D eigenvalue weighted by atomic mass is 9.62. The summed E-state index contributed by atoms with van der Waals surface area (Å²) in [4.78, 5) is 0. The number of benzene rings is 1. The summed E-state index contributed by atoms with van der Waals surface area (Å²) in [6, 6.07) is 7.23. The molecular weight excluding hydrogens is 254 g/mol. The predicted molar refractivity (Wildman–Crippen MR) is 92.7 cm³/mol. The maximum atomic E-state index is 6.55. The van der Waals surface area contributed by atoms with Crippen LogP contribution in [0.1, 0.15) is 90.0 Å². The van der Waals surface area contributed by atoms with E-state index in [0.717, 1.165) is 12.8 Å². The summed E-state index contributed by atoms with van der Waals surface area (Å²) in [5.74, 6) is 0.586. The van der Waals surface area contributed by atoms with E-state index < -0.39 is 0 Å². The summed E-state index contributed by atoms with van der Waals surface area (Å²) in [7, 11) is 0. The average molecular weight is 287 g/mol. The van der Waals surface area contributed by atoms with Crippen LogP contribution in [0.3, 0.4) is 0 Å². The van der Waals surface area contributed by atoms with E-state index in [1.165, 1.54) is 29.5 Å². The SMILES string of the molecule is CCC(CC)C(N)c1ccc2c(c1)C(C)(C)CCC2(C)C. The monoisotopic (exact) mass is 287 g/mol. The third-order valence-electron chi connectivity index (χ3n) is 5.82. The number of nitrogens with two attached hydrogens (primary N) is 1. The summed E-state index contributed by atoms with van der Waals surface area (Å²) in [5, 5.41) is 0. The van der Waals surface area contributed by atoms with Crippen LogP contribution in [0.5, 0.6) is 0 Å². The molecule has 1 aromatic rings. The molecule has 0 saturated carbocycles. The Balaban J connectivity index is 2.46. The van der Waals surface area contributed by atoms with Gasteiger partial charge in [0.25, 0.3) is 0 Å². The van der Waals surface area contributed by atoms with E-state index in [1.54, 1.807) is 0 Å². The van der Waals surface area contributed by atoms with Crippen LogP contribution in [0.25, 0.3) is 0 Å². The van der Waals surface area contributed by atoms with E-state index >= 15 is 0 Å². The minimum absolute atomic E-state index is 0.172. The van der Waals surface area contributed by atoms with E-state index in [4.69, 9.17) is 5.73 Å². The second kappa shape index (κ2) is 5.76. The first-order valence-corrected chi connectivity index (χ1v) is 8.63. The molecule has 0 spiro atoms. The molecule has 1 aliphatic rings. The minimum Gasteiger partial charge on any atom is -0.324 e. The predicted octanol–water partition coefficient (Wildman–Crippen LogP) is 5.47. The maximum Gasteiger partial charge on any atom is 0.0323 e. The summed E-state index contributed by atoms with van der Waals surface area (Å²) >= 11 is 0. The molecule has 0 aromatic heterocycles. The Morgan fingerprint density at radius 1 is 0.952 bits per heavy atom. The van der Waals surface area contributed by atoms with Gasteiger partial charge in [-0.25, -0.2) is 0 Å². The highest BCUT2D eigenvalue weighted by Crippen LogP contribution is 2.46. The molecule has 1 aromatic carbocycles. The molecule has 0 saturated heterocycles. The van der Waals surface area contributed by atoms with Crippen LogP contribution in [-0.4, -0.2) is 0 Å². The Hall–Kier alpha value is -0.820. The minimum atomic E-state index is 0.172. The molecular formula is C20H33N. The molecule has 1 nitrogen and oxygen atoms in total. The van der Waals surface area contributed by atoms with Gasteiger partial charge in [0.1, 0.15) is 0 Å². The fourth-order valence-corrected chi connectivity index (χ4v) is 3.88. The molecule has 1 unspecified atom stereocenters.